The second kappa shape index (κ2) is 9.35. The lowest BCUT2D eigenvalue weighted by molar-refractivity contribution is -0.137. The average Bonchev–Trinajstić information content (AvgIpc) is 3.06. The number of rotatable bonds is 9. The summed E-state index contributed by atoms with van der Waals surface area (Å²) in [7, 11) is 0. The molecule has 5 heteroatoms. The van der Waals surface area contributed by atoms with Crippen LogP contribution in [-0.2, 0) is 17.9 Å². The Balaban J connectivity index is 1.70. The number of carbonyl (C=O) groups is 1. The molecule has 0 atom stereocenters. The Morgan fingerprint density at radius 1 is 1.00 bits per heavy atom. The van der Waals surface area contributed by atoms with Gasteiger partial charge in [0.25, 0.3) is 0 Å². The maximum Gasteiger partial charge on any atom is 0.304 e. The number of ether oxygens (including phenoxy) is 1. The van der Waals surface area contributed by atoms with Crippen molar-refractivity contribution in [2.75, 3.05) is 6.54 Å². The van der Waals surface area contributed by atoms with Crippen molar-refractivity contribution in [1.82, 2.24) is 4.90 Å². The molecule has 1 heterocycles. The number of benzene rings is 2. The summed E-state index contributed by atoms with van der Waals surface area (Å²) in [6, 6.07) is 21.9. The van der Waals surface area contributed by atoms with Crippen LogP contribution in [0.5, 0.6) is 11.5 Å². The highest BCUT2D eigenvalue weighted by Gasteiger charge is 2.11. The summed E-state index contributed by atoms with van der Waals surface area (Å²) < 4.78 is 5.91. The van der Waals surface area contributed by atoms with Crippen molar-refractivity contribution in [3.63, 3.8) is 0 Å². The fraction of sp³-hybridized carbons (Fsp3) is 0.227. The molecule has 4 nitrogen and oxygen atoms in total. The van der Waals surface area contributed by atoms with E-state index in [1.165, 1.54) is 9.75 Å². The number of nitrogens with zero attached hydrogens (tertiary/aromatic N) is 1. The van der Waals surface area contributed by atoms with Gasteiger partial charge in [0, 0.05) is 29.4 Å². The number of aryl methyl sites for hydroxylation is 1. The van der Waals surface area contributed by atoms with Crippen molar-refractivity contribution >= 4 is 17.3 Å². The number of para-hydroxylation sites is 1. The molecule has 3 rings (SSSR count). The molecule has 0 unspecified atom stereocenters. The second-order valence-electron chi connectivity index (χ2n) is 6.43. The zero-order chi connectivity index (χ0) is 19.1. The molecule has 0 aliphatic rings. The van der Waals surface area contributed by atoms with Crippen molar-refractivity contribution in [2.24, 2.45) is 0 Å². The summed E-state index contributed by atoms with van der Waals surface area (Å²) in [6.45, 7) is 4.02. The maximum atomic E-state index is 11.0. The molecule has 0 fully saturated rings. The van der Waals surface area contributed by atoms with E-state index in [1.54, 1.807) is 11.3 Å². The zero-order valence-electron chi connectivity index (χ0n) is 15.3. The molecule has 0 bridgehead atoms. The number of hydrogen-bond donors (Lipinski definition) is 1. The molecule has 0 saturated carbocycles. The fourth-order valence-electron chi connectivity index (χ4n) is 2.85. The van der Waals surface area contributed by atoms with Crippen LogP contribution in [0.2, 0.25) is 0 Å². The van der Waals surface area contributed by atoms with E-state index in [0.29, 0.717) is 13.1 Å². The molecule has 0 aliphatic carbocycles. The standard InChI is InChI=1S/C22H23NO3S/c1-17-10-11-21(27-17)16-23(13-12-22(24)25)15-18-6-5-9-20(14-18)26-19-7-3-2-4-8-19/h2-11,14H,12-13,15-16H2,1H3,(H,24,25). The van der Waals surface area contributed by atoms with Gasteiger partial charge in [-0.05, 0) is 48.9 Å². The van der Waals surface area contributed by atoms with Gasteiger partial charge in [0.05, 0.1) is 6.42 Å². The first kappa shape index (κ1) is 19.1. The van der Waals surface area contributed by atoms with Gasteiger partial charge in [-0.3, -0.25) is 9.69 Å². The molecule has 27 heavy (non-hydrogen) atoms. The smallest absolute Gasteiger partial charge is 0.304 e. The van der Waals surface area contributed by atoms with Crippen LogP contribution in [0.4, 0.5) is 0 Å². The zero-order valence-corrected chi connectivity index (χ0v) is 16.1. The number of aliphatic carboxylic acids is 1. The van der Waals surface area contributed by atoms with Crippen LogP contribution < -0.4 is 4.74 Å². The molecule has 0 aliphatic heterocycles. The predicted molar refractivity (Wildman–Crippen MR) is 108 cm³/mol. The van der Waals surface area contributed by atoms with Crippen LogP contribution in [0.25, 0.3) is 0 Å². The predicted octanol–water partition coefficient (Wildman–Crippen LogP) is 5.33. The number of carboxylic acid groups (broad SMARTS) is 1. The molecule has 0 spiro atoms. The van der Waals surface area contributed by atoms with Gasteiger partial charge in [-0.2, -0.15) is 0 Å². The first-order chi connectivity index (χ1) is 13.1. The normalized spacial score (nSPS) is 10.9. The van der Waals surface area contributed by atoms with Gasteiger partial charge in [-0.25, -0.2) is 0 Å². The van der Waals surface area contributed by atoms with Crippen molar-refractivity contribution in [2.45, 2.75) is 26.4 Å². The van der Waals surface area contributed by atoms with Gasteiger partial charge >= 0.3 is 5.97 Å². The fourth-order valence-corrected chi connectivity index (χ4v) is 3.78. The van der Waals surface area contributed by atoms with E-state index in [0.717, 1.165) is 23.6 Å². The highest BCUT2D eigenvalue weighted by atomic mass is 32.1. The highest BCUT2D eigenvalue weighted by Crippen LogP contribution is 2.23. The lowest BCUT2D eigenvalue weighted by atomic mass is 10.2. The van der Waals surface area contributed by atoms with Crippen molar-refractivity contribution in [3.8, 4) is 11.5 Å². The molecule has 0 radical (unpaired) electrons. The minimum atomic E-state index is -0.775. The minimum Gasteiger partial charge on any atom is -0.481 e. The number of hydrogen-bond acceptors (Lipinski definition) is 4. The van der Waals surface area contributed by atoms with Gasteiger partial charge in [0.2, 0.25) is 0 Å². The van der Waals surface area contributed by atoms with Crippen LogP contribution in [0, 0.1) is 6.92 Å². The van der Waals surface area contributed by atoms with Gasteiger partial charge in [-0.1, -0.05) is 30.3 Å². The SMILES string of the molecule is Cc1ccc(CN(CCC(=O)O)Cc2cccc(Oc3ccccc3)c2)s1. The Morgan fingerprint density at radius 3 is 2.48 bits per heavy atom. The van der Waals surface area contributed by atoms with E-state index in [2.05, 4.69) is 24.0 Å². The molecule has 3 aromatic rings. The maximum absolute atomic E-state index is 11.0. The molecule has 0 amide bonds. The number of carboxylic acids is 1. The highest BCUT2D eigenvalue weighted by molar-refractivity contribution is 7.11. The summed E-state index contributed by atoms with van der Waals surface area (Å²) in [4.78, 5) is 15.7. The summed E-state index contributed by atoms with van der Waals surface area (Å²) in [5.41, 5.74) is 1.10. The number of thiophene rings is 1. The quantitative estimate of drug-likeness (QED) is 0.544. The van der Waals surface area contributed by atoms with E-state index in [-0.39, 0.29) is 6.42 Å². The molecule has 2 aromatic carbocycles. The third kappa shape index (κ3) is 6.24. The Morgan fingerprint density at radius 2 is 1.78 bits per heavy atom. The summed E-state index contributed by atoms with van der Waals surface area (Å²) in [5.74, 6) is 0.804. The topological polar surface area (TPSA) is 49.8 Å². The average molecular weight is 381 g/mol. The lowest BCUT2D eigenvalue weighted by Crippen LogP contribution is -2.25. The van der Waals surface area contributed by atoms with Crippen LogP contribution in [0.3, 0.4) is 0 Å². The van der Waals surface area contributed by atoms with E-state index < -0.39 is 5.97 Å². The van der Waals surface area contributed by atoms with Gasteiger partial charge < -0.3 is 9.84 Å². The van der Waals surface area contributed by atoms with E-state index in [4.69, 9.17) is 9.84 Å². The summed E-state index contributed by atoms with van der Waals surface area (Å²) in [6.07, 6.45) is 0.130. The summed E-state index contributed by atoms with van der Waals surface area (Å²) >= 11 is 1.75. The summed E-state index contributed by atoms with van der Waals surface area (Å²) in [5, 5.41) is 9.06. The molecule has 0 saturated heterocycles. The molecule has 140 valence electrons. The van der Waals surface area contributed by atoms with Crippen molar-refractivity contribution in [1.29, 1.82) is 0 Å². The van der Waals surface area contributed by atoms with Crippen LogP contribution in [0.15, 0.2) is 66.7 Å². The van der Waals surface area contributed by atoms with Crippen molar-refractivity contribution < 1.29 is 14.6 Å². The van der Waals surface area contributed by atoms with E-state index in [9.17, 15) is 4.79 Å². The second-order valence-corrected chi connectivity index (χ2v) is 7.80. The first-order valence-corrected chi connectivity index (χ1v) is 9.71. The molecular formula is C22H23NO3S. The Bertz CT molecular complexity index is 876. The lowest BCUT2D eigenvalue weighted by Gasteiger charge is -2.21. The van der Waals surface area contributed by atoms with Gasteiger partial charge in [0.1, 0.15) is 11.5 Å². The monoisotopic (exact) mass is 381 g/mol. The van der Waals surface area contributed by atoms with Crippen LogP contribution >= 0.6 is 11.3 Å². The van der Waals surface area contributed by atoms with E-state index in [1.807, 2.05) is 54.6 Å². The van der Waals surface area contributed by atoms with E-state index >= 15 is 0 Å². The Labute approximate surface area is 163 Å². The first-order valence-electron chi connectivity index (χ1n) is 8.90. The largest absolute Gasteiger partial charge is 0.481 e. The third-order valence-corrected chi connectivity index (χ3v) is 5.09. The molecule has 1 N–H and O–H groups in total. The minimum absolute atomic E-state index is 0.130. The van der Waals surface area contributed by atoms with Gasteiger partial charge in [0.15, 0.2) is 0 Å². The Hall–Kier alpha value is -2.63. The Kier molecular flexibility index (Phi) is 6.63. The van der Waals surface area contributed by atoms with Gasteiger partial charge in [-0.15, -0.1) is 11.3 Å². The van der Waals surface area contributed by atoms with Crippen LogP contribution in [-0.4, -0.2) is 22.5 Å². The molecular weight excluding hydrogens is 358 g/mol. The molecule has 1 aromatic heterocycles. The van der Waals surface area contributed by atoms with Crippen molar-refractivity contribution in [3.05, 3.63) is 82.0 Å². The van der Waals surface area contributed by atoms with Crippen LogP contribution in [0.1, 0.15) is 21.7 Å². The third-order valence-electron chi connectivity index (χ3n) is 4.10.